The highest BCUT2D eigenvalue weighted by Crippen LogP contribution is 2.33. The first-order chi connectivity index (χ1) is 13.4. The standard InChI is InChI=1S/C21H21N3O4/c1-12-8-16(13-4-6-14(7-5-13)21(22)26)23-17-10-18(24-20(25)11-27-2)19(28-3)9-15(12)17/h4-10H,11H2,1-3H3,(H2,22,26)(H,24,25). The Kier molecular flexibility index (Phi) is 5.56. The van der Waals surface area contributed by atoms with Gasteiger partial charge in [0.25, 0.3) is 0 Å². The van der Waals surface area contributed by atoms with E-state index in [1.54, 1.807) is 37.4 Å². The van der Waals surface area contributed by atoms with Crippen molar-refractivity contribution in [3.63, 3.8) is 0 Å². The van der Waals surface area contributed by atoms with Crippen LogP contribution in [0.2, 0.25) is 0 Å². The zero-order valence-electron chi connectivity index (χ0n) is 15.9. The van der Waals surface area contributed by atoms with Crippen LogP contribution in [0.15, 0.2) is 42.5 Å². The van der Waals surface area contributed by atoms with Crippen LogP contribution < -0.4 is 15.8 Å². The van der Waals surface area contributed by atoms with Gasteiger partial charge in [0, 0.05) is 23.6 Å². The molecule has 1 heterocycles. The lowest BCUT2D eigenvalue weighted by Crippen LogP contribution is -2.17. The fraction of sp³-hybridized carbons (Fsp3) is 0.190. The van der Waals surface area contributed by atoms with Gasteiger partial charge in [0.1, 0.15) is 12.4 Å². The Morgan fingerprint density at radius 1 is 1.11 bits per heavy atom. The summed E-state index contributed by atoms with van der Waals surface area (Å²) in [7, 11) is 3.00. The van der Waals surface area contributed by atoms with E-state index in [2.05, 4.69) is 5.32 Å². The molecule has 3 rings (SSSR count). The van der Waals surface area contributed by atoms with Crippen LogP contribution in [0.3, 0.4) is 0 Å². The average molecular weight is 379 g/mol. The van der Waals surface area contributed by atoms with Crippen molar-refractivity contribution >= 4 is 28.4 Å². The van der Waals surface area contributed by atoms with Crippen molar-refractivity contribution in [1.29, 1.82) is 0 Å². The summed E-state index contributed by atoms with van der Waals surface area (Å²) in [6.45, 7) is 1.92. The van der Waals surface area contributed by atoms with E-state index in [1.807, 2.05) is 19.1 Å². The Labute approximate surface area is 162 Å². The van der Waals surface area contributed by atoms with Gasteiger partial charge in [-0.05, 0) is 42.8 Å². The molecule has 0 aliphatic heterocycles. The van der Waals surface area contributed by atoms with Gasteiger partial charge in [0.15, 0.2) is 0 Å². The number of aromatic nitrogens is 1. The van der Waals surface area contributed by atoms with Crippen LogP contribution in [-0.4, -0.2) is 37.6 Å². The summed E-state index contributed by atoms with van der Waals surface area (Å²) in [5, 5.41) is 3.69. The number of amides is 2. The number of hydrogen-bond acceptors (Lipinski definition) is 5. The van der Waals surface area contributed by atoms with Crippen LogP contribution >= 0.6 is 0 Å². The highest BCUT2D eigenvalue weighted by Gasteiger charge is 2.13. The molecular weight excluding hydrogens is 358 g/mol. The monoisotopic (exact) mass is 379 g/mol. The number of ether oxygens (including phenoxy) is 2. The maximum Gasteiger partial charge on any atom is 0.250 e. The SMILES string of the molecule is COCC(=O)Nc1cc2nc(-c3ccc(C(N)=O)cc3)cc(C)c2cc1OC. The predicted molar refractivity (Wildman–Crippen MR) is 107 cm³/mol. The molecule has 3 aromatic rings. The fourth-order valence-electron chi connectivity index (χ4n) is 2.96. The molecule has 0 saturated heterocycles. The molecule has 144 valence electrons. The summed E-state index contributed by atoms with van der Waals surface area (Å²) in [4.78, 5) is 27.9. The molecule has 0 spiro atoms. The van der Waals surface area contributed by atoms with Crippen molar-refractivity contribution in [2.75, 3.05) is 26.1 Å². The van der Waals surface area contributed by atoms with E-state index in [-0.39, 0.29) is 12.5 Å². The number of methoxy groups -OCH3 is 2. The van der Waals surface area contributed by atoms with Crippen molar-refractivity contribution < 1.29 is 19.1 Å². The number of rotatable bonds is 6. The number of nitrogens with two attached hydrogens (primary N) is 1. The summed E-state index contributed by atoms with van der Waals surface area (Å²) in [5.41, 5.74) is 9.58. The van der Waals surface area contributed by atoms with E-state index < -0.39 is 5.91 Å². The van der Waals surface area contributed by atoms with Crippen molar-refractivity contribution in [2.24, 2.45) is 5.73 Å². The van der Waals surface area contributed by atoms with E-state index in [0.717, 1.165) is 22.2 Å². The van der Waals surface area contributed by atoms with Crippen LogP contribution in [0.4, 0.5) is 5.69 Å². The van der Waals surface area contributed by atoms with Crippen molar-refractivity contribution in [3.8, 4) is 17.0 Å². The Morgan fingerprint density at radius 3 is 2.43 bits per heavy atom. The number of anilines is 1. The number of carbonyl (C=O) groups excluding carboxylic acids is 2. The number of pyridine rings is 1. The van der Waals surface area contributed by atoms with Gasteiger partial charge >= 0.3 is 0 Å². The third-order valence-corrected chi connectivity index (χ3v) is 4.35. The van der Waals surface area contributed by atoms with Gasteiger partial charge in [0.05, 0.1) is 24.0 Å². The molecule has 0 aliphatic carbocycles. The first-order valence-electron chi connectivity index (χ1n) is 8.61. The van der Waals surface area contributed by atoms with Crippen molar-refractivity contribution in [1.82, 2.24) is 4.98 Å². The van der Waals surface area contributed by atoms with E-state index in [9.17, 15) is 9.59 Å². The molecule has 2 amide bonds. The molecule has 0 atom stereocenters. The van der Waals surface area contributed by atoms with Gasteiger partial charge in [-0.3, -0.25) is 9.59 Å². The third-order valence-electron chi connectivity index (χ3n) is 4.35. The van der Waals surface area contributed by atoms with Crippen LogP contribution in [0.5, 0.6) is 5.75 Å². The molecular formula is C21H21N3O4. The highest BCUT2D eigenvalue weighted by molar-refractivity contribution is 5.98. The number of primary amides is 1. The highest BCUT2D eigenvalue weighted by atomic mass is 16.5. The first-order valence-corrected chi connectivity index (χ1v) is 8.61. The number of aryl methyl sites for hydroxylation is 1. The minimum atomic E-state index is -0.474. The fourth-order valence-corrected chi connectivity index (χ4v) is 2.96. The van der Waals surface area contributed by atoms with E-state index in [4.69, 9.17) is 20.2 Å². The number of benzene rings is 2. The summed E-state index contributed by atoms with van der Waals surface area (Å²) < 4.78 is 10.3. The van der Waals surface area contributed by atoms with Gasteiger partial charge in [-0.2, -0.15) is 0 Å². The topological polar surface area (TPSA) is 104 Å². The maximum atomic E-state index is 11.9. The third kappa shape index (κ3) is 3.94. The van der Waals surface area contributed by atoms with Crippen molar-refractivity contribution in [2.45, 2.75) is 6.92 Å². The summed E-state index contributed by atoms with van der Waals surface area (Å²) in [6, 6.07) is 12.5. The molecule has 7 nitrogen and oxygen atoms in total. The van der Waals surface area contributed by atoms with Crippen LogP contribution in [-0.2, 0) is 9.53 Å². The van der Waals surface area contributed by atoms with E-state index >= 15 is 0 Å². The molecule has 7 heteroatoms. The zero-order valence-corrected chi connectivity index (χ0v) is 15.9. The van der Waals surface area contributed by atoms with E-state index in [0.29, 0.717) is 22.5 Å². The number of fused-ring (bicyclic) bond motifs is 1. The average Bonchev–Trinajstić information content (AvgIpc) is 2.67. The van der Waals surface area contributed by atoms with Crippen LogP contribution in [0.1, 0.15) is 15.9 Å². The molecule has 0 fully saturated rings. The predicted octanol–water partition coefficient (Wildman–Crippen LogP) is 2.90. The van der Waals surface area contributed by atoms with Crippen molar-refractivity contribution in [3.05, 3.63) is 53.6 Å². The van der Waals surface area contributed by atoms with E-state index in [1.165, 1.54) is 7.11 Å². The van der Waals surface area contributed by atoms with Gasteiger partial charge in [-0.1, -0.05) is 12.1 Å². The molecule has 3 N–H and O–H groups in total. The first kappa shape index (κ1) is 19.3. The zero-order chi connectivity index (χ0) is 20.3. The molecule has 28 heavy (non-hydrogen) atoms. The Morgan fingerprint density at radius 2 is 1.82 bits per heavy atom. The lowest BCUT2D eigenvalue weighted by atomic mass is 10.0. The molecule has 0 radical (unpaired) electrons. The molecule has 0 saturated carbocycles. The molecule has 0 unspecified atom stereocenters. The summed E-state index contributed by atoms with van der Waals surface area (Å²) >= 11 is 0. The van der Waals surface area contributed by atoms with Crippen LogP contribution in [0.25, 0.3) is 22.2 Å². The van der Waals surface area contributed by atoms with Gasteiger partial charge in [-0.15, -0.1) is 0 Å². The second-order valence-corrected chi connectivity index (χ2v) is 6.32. The summed E-state index contributed by atoms with van der Waals surface area (Å²) in [6.07, 6.45) is 0. The number of carbonyl (C=O) groups is 2. The summed E-state index contributed by atoms with van der Waals surface area (Å²) in [5.74, 6) is -0.215. The Bertz CT molecular complexity index is 1050. The normalized spacial score (nSPS) is 10.7. The molecule has 2 aromatic carbocycles. The van der Waals surface area contributed by atoms with Gasteiger partial charge in [0.2, 0.25) is 11.8 Å². The largest absolute Gasteiger partial charge is 0.495 e. The Hall–Kier alpha value is -3.45. The molecule has 0 bridgehead atoms. The Balaban J connectivity index is 2.07. The molecule has 0 aliphatic rings. The minimum absolute atomic E-state index is 0.0557. The second kappa shape index (κ2) is 8.06. The maximum absolute atomic E-state index is 11.9. The second-order valence-electron chi connectivity index (χ2n) is 6.32. The minimum Gasteiger partial charge on any atom is -0.495 e. The number of nitrogens with zero attached hydrogens (tertiary/aromatic N) is 1. The molecule has 1 aromatic heterocycles. The van der Waals surface area contributed by atoms with Gasteiger partial charge < -0.3 is 20.5 Å². The smallest absolute Gasteiger partial charge is 0.250 e. The quantitative estimate of drug-likeness (QED) is 0.685. The number of hydrogen-bond donors (Lipinski definition) is 2. The number of nitrogens with one attached hydrogen (secondary N) is 1. The van der Waals surface area contributed by atoms with Crippen LogP contribution in [0, 0.1) is 6.92 Å². The van der Waals surface area contributed by atoms with Gasteiger partial charge in [-0.25, -0.2) is 4.98 Å². The lowest BCUT2D eigenvalue weighted by molar-refractivity contribution is -0.119. The lowest BCUT2D eigenvalue weighted by Gasteiger charge is -2.13.